The van der Waals surface area contributed by atoms with Crippen molar-refractivity contribution in [3.8, 4) is 0 Å². The Balaban J connectivity index is 2.15. The van der Waals surface area contributed by atoms with Gasteiger partial charge in [0.2, 0.25) is 5.91 Å². The van der Waals surface area contributed by atoms with Gasteiger partial charge in [0.25, 0.3) is 0 Å². The maximum Gasteiger partial charge on any atom is 0.417 e. The number of amides is 2. The molecule has 0 saturated carbocycles. The van der Waals surface area contributed by atoms with Crippen LogP contribution in [0.2, 0.25) is 0 Å². The Labute approximate surface area is 137 Å². The number of nitrogens with zero attached hydrogens (tertiary/aromatic N) is 1. The van der Waals surface area contributed by atoms with E-state index in [0.29, 0.717) is 25.3 Å². The summed E-state index contributed by atoms with van der Waals surface area (Å²) in [7, 11) is 0. The van der Waals surface area contributed by atoms with E-state index in [1.54, 1.807) is 6.92 Å². The SMILES string of the molecule is CCOC(=O)NCC(=O)NCCCNc1ccc(C(F)(F)F)cn1. The number of hydrogen-bond acceptors (Lipinski definition) is 5. The Morgan fingerprint density at radius 2 is 1.96 bits per heavy atom. The van der Waals surface area contributed by atoms with Gasteiger partial charge < -0.3 is 20.7 Å². The quantitative estimate of drug-likeness (QED) is 0.623. The van der Waals surface area contributed by atoms with Crippen LogP contribution < -0.4 is 16.0 Å². The van der Waals surface area contributed by atoms with Gasteiger partial charge in [0.1, 0.15) is 5.82 Å². The molecular weight excluding hydrogens is 329 g/mol. The Bertz CT molecular complexity index is 535. The predicted octanol–water partition coefficient (Wildman–Crippen LogP) is 1.76. The number of alkyl halides is 3. The molecule has 0 aliphatic heterocycles. The van der Waals surface area contributed by atoms with E-state index in [0.717, 1.165) is 12.3 Å². The first-order valence-electron chi connectivity index (χ1n) is 7.27. The zero-order valence-corrected chi connectivity index (χ0v) is 13.1. The lowest BCUT2D eigenvalue weighted by molar-refractivity contribution is -0.137. The summed E-state index contributed by atoms with van der Waals surface area (Å²) in [6.45, 7) is 2.45. The molecular formula is C14H19F3N4O3. The molecule has 0 saturated heterocycles. The highest BCUT2D eigenvalue weighted by Crippen LogP contribution is 2.28. The van der Waals surface area contributed by atoms with E-state index in [4.69, 9.17) is 0 Å². The molecule has 10 heteroatoms. The molecule has 0 aromatic carbocycles. The largest absolute Gasteiger partial charge is 0.450 e. The molecule has 134 valence electrons. The third-order valence-electron chi connectivity index (χ3n) is 2.74. The summed E-state index contributed by atoms with van der Waals surface area (Å²) in [5.74, 6) is -0.0472. The first-order valence-corrected chi connectivity index (χ1v) is 7.27. The highest BCUT2D eigenvalue weighted by atomic mass is 19.4. The Morgan fingerprint density at radius 1 is 1.21 bits per heavy atom. The average molecular weight is 348 g/mol. The van der Waals surface area contributed by atoms with Crippen LogP contribution in [0, 0.1) is 0 Å². The van der Waals surface area contributed by atoms with Gasteiger partial charge in [-0.3, -0.25) is 4.79 Å². The zero-order valence-electron chi connectivity index (χ0n) is 13.1. The van der Waals surface area contributed by atoms with Gasteiger partial charge in [0.05, 0.1) is 18.7 Å². The number of carbonyl (C=O) groups excluding carboxylic acids is 2. The van der Waals surface area contributed by atoms with Crippen molar-refractivity contribution in [3.63, 3.8) is 0 Å². The molecule has 1 heterocycles. The van der Waals surface area contributed by atoms with Crippen LogP contribution >= 0.6 is 0 Å². The van der Waals surface area contributed by atoms with Crippen LogP contribution in [0.25, 0.3) is 0 Å². The lowest BCUT2D eigenvalue weighted by Crippen LogP contribution is -2.37. The van der Waals surface area contributed by atoms with Crippen LogP contribution in [-0.2, 0) is 15.7 Å². The van der Waals surface area contributed by atoms with Crippen molar-refractivity contribution in [3.05, 3.63) is 23.9 Å². The third kappa shape index (κ3) is 7.65. The highest BCUT2D eigenvalue weighted by molar-refractivity contribution is 5.82. The van der Waals surface area contributed by atoms with Crippen LogP contribution in [0.4, 0.5) is 23.8 Å². The molecule has 1 aromatic rings. The van der Waals surface area contributed by atoms with Crippen LogP contribution in [0.1, 0.15) is 18.9 Å². The lowest BCUT2D eigenvalue weighted by atomic mass is 10.3. The van der Waals surface area contributed by atoms with Gasteiger partial charge in [-0.2, -0.15) is 13.2 Å². The Kier molecular flexibility index (Phi) is 7.80. The van der Waals surface area contributed by atoms with Crippen LogP contribution in [0.15, 0.2) is 18.3 Å². The third-order valence-corrected chi connectivity index (χ3v) is 2.74. The molecule has 0 radical (unpaired) electrons. The van der Waals surface area contributed by atoms with E-state index in [-0.39, 0.29) is 19.1 Å². The number of rotatable bonds is 8. The maximum absolute atomic E-state index is 12.4. The monoisotopic (exact) mass is 348 g/mol. The van der Waals surface area contributed by atoms with Gasteiger partial charge in [-0.05, 0) is 25.5 Å². The van der Waals surface area contributed by atoms with Gasteiger partial charge in [-0.1, -0.05) is 0 Å². The second-order valence-electron chi connectivity index (χ2n) is 4.63. The normalized spacial score (nSPS) is 10.8. The summed E-state index contributed by atoms with van der Waals surface area (Å²) in [6.07, 6.45) is -3.78. The van der Waals surface area contributed by atoms with Crippen LogP contribution in [0.3, 0.4) is 0 Å². The van der Waals surface area contributed by atoms with E-state index in [1.807, 2.05) is 0 Å². The highest BCUT2D eigenvalue weighted by Gasteiger charge is 2.30. The minimum Gasteiger partial charge on any atom is -0.450 e. The summed E-state index contributed by atoms with van der Waals surface area (Å²) < 4.78 is 41.7. The van der Waals surface area contributed by atoms with Gasteiger partial charge in [-0.15, -0.1) is 0 Å². The minimum absolute atomic E-state index is 0.188. The number of hydrogen-bond donors (Lipinski definition) is 3. The van der Waals surface area contributed by atoms with Crippen molar-refractivity contribution in [2.45, 2.75) is 19.5 Å². The standard InChI is InChI=1S/C14H19F3N4O3/c1-2-24-13(23)21-9-12(22)19-7-3-6-18-11-5-4-10(8-20-11)14(15,16)17/h4-5,8H,2-3,6-7,9H2,1H3,(H,18,20)(H,19,22)(H,21,23). The molecule has 0 aliphatic rings. The molecule has 0 bridgehead atoms. The van der Waals surface area contributed by atoms with E-state index in [9.17, 15) is 22.8 Å². The molecule has 0 unspecified atom stereocenters. The van der Waals surface area contributed by atoms with Crippen molar-refractivity contribution in [1.29, 1.82) is 0 Å². The summed E-state index contributed by atoms with van der Waals surface area (Å²) >= 11 is 0. The summed E-state index contributed by atoms with van der Waals surface area (Å²) in [6, 6.07) is 2.18. The van der Waals surface area contributed by atoms with E-state index >= 15 is 0 Å². The first-order chi connectivity index (χ1) is 11.3. The number of alkyl carbamates (subject to hydrolysis) is 1. The summed E-state index contributed by atoms with van der Waals surface area (Å²) in [5.41, 5.74) is -0.811. The van der Waals surface area contributed by atoms with Gasteiger partial charge in [-0.25, -0.2) is 9.78 Å². The summed E-state index contributed by atoms with van der Waals surface area (Å²) in [5, 5.41) is 7.70. The Hall–Kier alpha value is -2.52. The van der Waals surface area contributed by atoms with Crippen molar-refractivity contribution in [2.24, 2.45) is 0 Å². The number of anilines is 1. The molecule has 0 aliphatic carbocycles. The van der Waals surface area contributed by atoms with E-state index in [2.05, 4.69) is 25.7 Å². The number of ether oxygens (including phenoxy) is 1. The van der Waals surface area contributed by atoms with Gasteiger partial charge >= 0.3 is 12.3 Å². The fourth-order valence-electron chi connectivity index (χ4n) is 1.60. The second kappa shape index (κ2) is 9.58. The molecule has 7 nitrogen and oxygen atoms in total. The zero-order chi connectivity index (χ0) is 18.0. The summed E-state index contributed by atoms with van der Waals surface area (Å²) in [4.78, 5) is 26.0. The van der Waals surface area contributed by atoms with E-state index in [1.165, 1.54) is 6.07 Å². The van der Waals surface area contributed by atoms with Gasteiger partial charge in [0, 0.05) is 19.3 Å². The van der Waals surface area contributed by atoms with Crippen molar-refractivity contribution >= 4 is 17.8 Å². The predicted molar refractivity (Wildman–Crippen MR) is 80.4 cm³/mol. The fourth-order valence-corrected chi connectivity index (χ4v) is 1.60. The van der Waals surface area contributed by atoms with Crippen LogP contribution in [0.5, 0.6) is 0 Å². The van der Waals surface area contributed by atoms with Gasteiger partial charge in [0.15, 0.2) is 0 Å². The molecule has 1 rings (SSSR count). The smallest absolute Gasteiger partial charge is 0.417 e. The van der Waals surface area contributed by atoms with Crippen molar-refractivity contribution in [2.75, 3.05) is 31.6 Å². The number of aromatic nitrogens is 1. The number of halogens is 3. The topological polar surface area (TPSA) is 92.3 Å². The molecule has 0 atom stereocenters. The number of nitrogens with one attached hydrogen (secondary N) is 3. The fraction of sp³-hybridized carbons (Fsp3) is 0.500. The molecule has 0 spiro atoms. The number of carbonyl (C=O) groups is 2. The average Bonchev–Trinajstić information content (AvgIpc) is 2.52. The molecule has 3 N–H and O–H groups in total. The second-order valence-corrected chi connectivity index (χ2v) is 4.63. The number of pyridine rings is 1. The molecule has 0 fully saturated rings. The van der Waals surface area contributed by atoms with E-state index < -0.39 is 17.8 Å². The molecule has 2 amide bonds. The molecule has 24 heavy (non-hydrogen) atoms. The van der Waals surface area contributed by atoms with Crippen LogP contribution in [-0.4, -0.2) is 43.2 Å². The van der Waals surface area contributed by atoms with Crippen molar-refractivity contribution in [1.82, 2.24) is 15.6 Å². The lowest BCUT2D eigenvalue weighted by Gasteiger charge is -2.09. The minimum atomic E-state index is -4.41. The first kappa shape index (κ1) is 19.5. The molecule has 1 aromatic heterocycles. The Morgan fingerprint density at radius 3 is 2.54 bits per heavy atom. The maximum atomic E-state index is 12.4. The van der Waals surface area contributed by atoms with Crippen molar-refractivity contribution < 1.29 is 27.5 Å².